The Labute approximate surface area is 156 Å². The van der Waals surface area contributed by atoms with Crippen LogP contribution in [0.3, 0.4) is 0 Å². The van der Waals surface area contributed by atoms with Gasteiger partial charge in [0.1, 0.15) is 6.10 Å². The van der Waals surface area contributed by atoms with Crippen LogP contribution < -0.4 is 0 Å². The standard InChI is InChI=1S/C19H21N3O5/c1-11-18(27-12(2)23)15(21-22-20)10-17(26-11)19(25-3)14-7-5-4-6-13(14)8-9-16(19)24/h4-9,11,15,17-18H,10H2,1-3H3/t11-,15+,17-,18-,19?/m1/s1. The predicted octanol–water partition coefficient (Wildman–Crippen LogP) is 2.91. The van der Waals surface area contributed by atoms with E-state index in [1.165, 1.54) is 20.1 Å². The van der Waals surface area contributed by atoms with Crippen LogP contribution in [-0.4, -0.2) is 43.2 Å². The van der Waals surface area contributed by atoms with E-state index in [0.717, 1.165) is 5.56 Å². The number of ether oxygens (including phenoxy) is 3. The summed E-state index contributed by atoms with van der Waals surface area (Å²) in [6.45, 7) is 3.01. The first kappa shape index (κ1) is 19.1. The van der Waals surface area contributed by atoms with E-state index in [0.29, 0.717) is 5.56 Å². The monoisotopic (exact) mass is 371 g/mol. The van der Waals surface area contributed by atoms with Gasteiger partial charge in [0.05, 0.1) is 18.2 Å². The highest BCUT2D eigenvalue weighted by molar-refractivity contribution is 6.04. The lowest BCUT2D eigenvalue weighted by atomic mass is 9.74. The zero-order chi connectivity index (χ0) is 19.6. The molecule has 142 valence electrons. The molecule has 1 aromatic carbocycles. The summed E-state index contributed by atoms with van der Waals surface area (Å²) in [6.07, 6.45) is 1.37. The van der Waals surface area contributed by atoms with Crippen molar-refractivity contribution in [3.05, 3.63) is 51.9 Å². The number of hydrogen-bond acceptors (Lipinski definition) is 6. The summed E-state index contributed by atoms with van der Waals surface area (Å²) in [7, 11) is 1.46. The Morgan fingerprint density at radius 1 is 1.37 bits per heavy atom. The molecule has 1 heterocycles. The fourth-order valence-corrected chi connectivity index (χ4v) is 3.94. The Bertz CT molecular complexity index is 832. The van der Waals surface area contributed by atoms with Crippen LogP contribution in [0.4, 0.5) is 0 Å². The van der Waals surface area contributed by atoms with E-state index < -0.39 is 35.9 Å². The lowest BCUT2D eigenvalue weighted by Crippen LogP contribution is -2.58. The summed E-state index contributed by atoms with van der Waals surface area (Å²) >= 11 is 0. The van der Waals surface area contributed by atoms with E-state index in [4.69, 9.17) is 19.7 Å². The number of carbonyl (C=O) groups excluding carboxylic acids is 2. The second-order valence-corrected chi connectivity index (χ2v) is 6.64. The molecule has 0 radical (unpaired) electrons. The van der Waals surface area contributed by atoms with Crippen LogP contribution in [0.2, 0.25) is 0 Å². The van der Waals surface area contributed by atoms with Crippen LogP contribution in [0.15, 0.2) is 35.5 Å². The van der Waals surface area contributed by atoms with Gasteiger partial charge >= 0.3 is 5.97 Å². The molecule has 5 atom stereocenters. The molecule has 1 unspecified atom stereocenters. The van der Waals surface area contributed by atoms with Crippen molar-refractivity contribution in [1.82, 2.24) is 0 Å². The van der Waals surface area contributed by atoms with Crippen molar-refractivity contribution in [2.75, 3.05) is 7.11 Å². The van der Waals surface area contributed by atoms with Crippen molar-refractivity contribution in [2.24, 2.45) is 5.11 Å². The molecule has 1 fully saturated rings. The topological polar surface area (TPSA) is 111 Å². The Kier molecular flexibility index (Phi) is 5.32. The molecule has 1 aliphatic carbocycles. The quantitative estimate of drug-likeness (QED) is 0.350. The molecule has 8 nitrogen and oxygen atoms in total. The van der Waals surface area contributed by atoms with E-state index in [2.05, 4.69) is 10.0 Å². The van der Waals surface area contributed by atoms with E-state index in [-0.39, 0.29) is 12.2 Å². The Balaban J connectivity index is 2.04. The highest BCUT2D eigenvalue weighted by Crippen LogP contribution is 2.43. The summed E-state index contributed by atoms with van der Waals surface area (Å²) < 4.78 is 17.2. The minimum absolute atomic E-state index is 0.175. The van der Waals surface area contributed by atoms with Gasteiger partial charge in [-0.2, -0.15) is 0 Å². The molecule has 1 saturated heterocycles. The van der Waals surface area contributed by atoms with Crippen LogP contribution in [0.25, 0.3) is 16.5 Å². The van der Waals surface area contributed by atoms with Gasteiger partial charge in [0.2, 0.25) is 0 Å². The first-order valence-electron chi connectivity index (χ1n) is 8.68. The lowest BCUT2D eigenvalue weighted by Gasteiger charge is -2.46. The fourth-order valence-electron chi connectivity index (χ4n) is 3.94. The molecule has 0 amide bonds. The van der Waals surface area contributed by atoms with Crippen LogP contribution in [-0.2, 0) is 29.4 Å². The van der Waals surface area contributed by atoms with E-state index in [9.17, 15) is 9.59 Å². The highest BCUT2D eigenvalue weighted by atomic mass is 16.6. The third kappa shape index (κ3) is 3.23. The van der Waals surface area contributed by atoms with Gasteiger partial charge in [-0.25, -0.2) is 0 Å². The number of fused-ring (bicyclic) bond motifs is 1. The van der Waals surface area contributed by atoms with Gasteiger partial charge in [-0.05, 0) is 30.5 Å². The normalized spacial score (nSPS) is 32.3. The second kappa shape index (κ2) is 7.52. The van der Waals surface area contributed by atoms with Crippen molar-refractivity contribution < 1.29 is 23.8 Å². The molecule has 2 aliphatic rings. The zero-order valence-electron chi connectivity index (χ0n) is 15.4. The Hall–Kier alpha value is -2.67. The van der Waals surface area contributed by atoms with Gasteiger partial charge in [-0.15, -0.1) is 0 Å². The predicted molar refractivity (Wildman–Crippen MR) is 96.6 cm³/mol. The first-order chi connectivity index (χ1) is 12.9. The lowest BCUT2D eigenvalue weighted by molar-refractivity contribution is -0.209. The Morgan fingerprint density at radius 3 is 2.78 bits per heavy atom. The zero-order valence-corrected chi connectivity index (χ0v) is 15.4. The average Bonchev–Trinajstić information content (AvgIpc) is 2.64. The number of hydrogen-bond donors (Lipinski definition) is 0. The maximum absolute atomic E-state index is 13.0. The largest absolute Gasteiger partial charge is 0.459 e. The van der Waals surface area contributed by atoms with Gasteiger partial charge in [0.15, 0.2) is 11.4 Å². The molecule has 1 aromatic rings. The maximum Gasteiger partial charge on any atom is 0.303 e. The number of esters is 1. The number of carbonyl (C=O) groups is 2. The third-order valence-corrected chi connectivity index (χ3v) is 5.10. The number of ketones is 1. The number of nitrogens with zero attached hydrogens (tertiary/aromatic N) is 3. The van der Waals surface area contributed by atoms with Gasteiger partial charge in [0, 0.05) is 24.5 Å². The second-order valence-electron chi connectivity index (χ2n) is 6.64. The molecule has 0 aromatic heterocycles. The maximum atomic E-state index is 13.0. The molecule has 0 bridgehead atoms. The minimum Gasteiger partial charge on any atom is -0.459 e. The van der Waals surface area contributed by atoms with Crippen molar-refractivity contribution in [3.8, 4) is 0 Å². The number of rotatable bonds is 4. The number of azide groups is 1. The summed E-state index contributed by atoms with van der Waals surface area (Å²) in [5.41, 5.74) is 9.15. The SMILES string of the molecule is COC1([C@H]2C[C@H](N=[N+]=[N-])[C@H](OC(C)=O)[C@@H](C)O2)C(=O)C=Cc2ccccc21. The Morgan fingerprint density at radius 2 is 2.11 bits per heavy atom. The van der Waals surface area contributed by atoms with E-state index >= 15 is 0 Å². The molecule has 3 rings (SSSR count). The van der Waals surface area contributed by atoms with Crippen molar-refractivity contribution in [1.29, 1.82) is 0 Å². The summed E-state index contributed by atoms with van der Waals surface area (Å²) in [6, 6.07) is 6.76. The van der Waals surface area contributed by atoms with Crippen molar-refractivity contribution in [2.45, 2.75) is 50.2 Å². The average molecular weight is 371 g/mol. The smallest absolute Gasteiger partial charge is 0.303 e. The third-order valence-electron chi connectivity index (χ3n) is 5.10. The fraction of sp³-hybridized carbons (Fsp3) is 0.474. The molecule has 27 heavy (non-hydrogen) atoms. The number of benzene rings is 1. The molecule has 0 spiro atoms. The van der Waals surface area contributed by atoms with Gasteiger partial charge in [0.25, 0.3) is 0 Å². The molecule has 8 heteroatoms. The molecule has 0 N–H and O–H groups in total. The van der Waals surface area contributed by atoms with Gasteiger partial charge in [-0.3, -0.25) is 9.59 Å². The highest BCUT2D eigenvalue weighted by Gasteiger charge is 2.54. The van der Waals surface area contributed by atoms with E-state index in [1.54, 1.807) is 13.0 Å². The molecule has 1 aliphatic heterocycles. The van der Waals surface area contributed by atoms with Crippen LogP contribution >= 0.6 is 0 Å². The van der Waals surface area contributed by atoms with Crippen molar-refractivity contribution in [3.63, 3.8) is 0 Å². The first-order valence-corrected chi connectivity index (χ1v) is 8.68. The van der Waals surface area contributed by atoms with Crippen LogP contribution in [0.1, 0.15) is 31.4 Å². The summed E-state index contributed by atoms with van der Waals surface area (Å²) in [5, 5.41) is 3.80. The number of methoxy groups -OCH3 is 1. The van der Waals surface area contributed by atoms with Crippen LogP contribution in [0, 0.1) is 0 Å². The van der Waals surface area contributed by atoms with Gasteiger partial charge < -0.3 is 14.2 Å². The summed E-state index contributed by atoms with van der Waals surface area (Å²) in [4.78, 5) is 27.3. The molecular formula is C19H21N3O5. The summed E-state index contributed by atoms with van der Waals surface area (Å²) in [5.74, 6) is -0.734. The van der Waals surface area contributed by atoms with E-state index in [1.807, 2.05) is 24.3 Å². The van der Waals surface area contributed by atoms with Gasteiger partial charge in [-0.1, -0.05) is 35.5 Å². The molecule has 0 saturated carbocycles. The molecular weight excluding hydrogens is 350 g/mol. The van der Waals surface area contributed by atoms with Crippen molar-refractivity contribution >= 4 is 17.8 Å². The van der Waals surface area contributed by atoms with Crippen LogP contribution in [0.5, 0.6) is 0 Å². The minimum atomic E-state index is -1.36.